The number of piperidine rings is 1. The highest BCUT2D eigenvalue weighted by molar-refractivity contribution is 5.98. The molecule has 10 nitrogen and oxygen atoms in total. The molecule has 0 spiro atoms. The van der Waals surface area contributed by atoms with Gasteiger partial charge in [0.1, 0.15) is 18.0 Å². The second kappa shape index (κ2) is 9.71. The van der Waals surface area contributed by atoms with Crippen molar-refractivity contribution in [2.75, 3.05) is 23.3 Å². The molecule has 4 rings (SSSR count). The van der Waals surface area contributed by atoms with Crippen molar-refractivity contribution in [2.24, 2.45) is 5.73 Å². The van der Waals surface area contributed by atoms with Gasteiger partial charge in [0, 0.05) is 49.3 Å². The molecule has 3 aromatic rings. The molecule has 1 fully saturated rings. The number of rotatable bonds is 6. The number of primary amides is 1. The van der Waals surface area contributed by atoms with Crippen LogP contribution in [0, 0.1) is 22.7 Å². The predicted molar refractivity (Wildman–Crippen MR) is 120 cm³/mol. The number of aromatic nitrogens is 4. The molecule has 3 aromatic heterocycles. The topological polar surface area (TPSA) is 158 Å². The van der Waals surface area contributed by atoms with Gasteiger partial charge in [-0.05, 0) is 31.0 Å². The van der Waals surface area contributed by atoms with Gasteiger partial charge >= 0.3 is 0 Å². The van der Waals surface area contributed by atoms with Gasteiger partial charge in [-0.25, -0.2) is 9.97 Å². The molecule has 1 aliphatic rings. The molecule has 1 saturated heterocycles. The molecule has 0 bridgehead atoms. The van der Waals surface area contributed by atoms with Crippen molar-refractivity contribution >= 4 is 17.4 Å². The maximum Gasteiger partial charge on any atom is 0.252 e. The van der Waals surface area contributed by atoms with E-state index in [4.69, 9.17) is 16.3 Å². The second-order valence-electron chi connectivity index (χ2n) is 7.69. The van der Waals surface area contributed by atoms with Crippen LogP contribution >= 0.6 is 0 Å². The van der Waals surface area contributed by atoms with Crippen LogP contribution in [0.5, 0.6) is 0 Å². The molecular weight excluding hydrogens is 418 g/mol. The normalized spacial score (nSPS) is 13.7. The van der Waals surface area contributed by atoms with Crippen molar-refractivity contribution in [1.29, 1.82) is 10.5 Å². The zero-order valence-corrected chi connectivity index (χ0v) is 17.8. The summed E-state index contributed by atoms with van der Waals surface area (Å²) in [5.74, 6) is 0.199. The van der Waals surface area contributed by atoms with E-state index in [1.54, 1.807) is 18.3 Å². The largest absolute Gasteiger partial charge is 0.381 e. The predicted octanol–water partition coefficient (Wildman–Crippen LogP) is 1.78. The molecular formula is C23H21N9O. The molecule has 1 aliphatic heterocycles. The molecule has 0 radical (unpaired) electrons. The van der Waals surface area contributed by atoms with E-state index < -0.39 is 5.91 Å². The summed E-state index contributed by atoms with van der Waals surface area (Å²) in [6.45, 7) is 1.52. The number of nitrogens with one attached hydrogen (secondary N) is 1. The Kier molecular flexibility index (Phi) is 6.37. The number of anilines is 2. The molecule has 0 atom stereocenters. The summed E-state index contributed by atoms with van der Waals surface area (Å²) in [6.07, 6.45) is 8.23. The van der Waals surface area contributed by atoms with E-state index in [0.717, 1.165) is 43.1 Å². The number of hydrogen-bond donors (Lipinski definition) is 2. The van der Waals surface area contributed by atoms with Gasteiger partial charge in [-0.15, -0.1) is 0 Å². The molecule has 0 aromatic carbocycles. The molecule has 0 aliphatic carbocycles. The summed E-state index contributed by atoms with van der Waals surface area (Å²) in [5, 5.41) is 21.2. The number of nitrogens with zero attached hydrogens (tertiary/aromatic N) is 7. The Morgan fingerprint density at radius 1 is 1.03 bits per heavy atom. The first-order chi connectivity index (χ1) is 16.1. The van der Waals surface area contributed by atoms with Gasteiger partial charge in [-0.2, -0.15) is 10.5 Å². The first-order valence-electron chi connectivity index (χ1n) is 10.4. The highest BCUT2D eigenvalue weighted by atomic mass is 16.1. The van der Waals surface area contributed by atoms with Gasteiger partial charge in [0.25, 0.3) is 5.91 Å². The van der Waals surface area contributed by atoms with Crippen molar-refractivity contribution in [1.82, 2.24) is 19.9 Å². The smallest absolute Gasteiger partial charge is 0.252 e. The highest BCUT2D eigenvalue weighted by Gasteiger charge is 2.22. The highest BCUT2D eigenvalue weighted by Crippen LogP contribution is 2.23. The van der Waals surface area contributed by atoms with Crippen LogP contribution in [0.15, 0.2) is 43.0 Å². The quantitative estimate of drug-likeness (QED) is 0.584. The van der Waals surface area contributed by atoms with Crippen LogP contribution in [0.1, 0.15) is 45.8 Å². The number of carbonyl (C=O) groups excluding carboxylic acids is 1. The fourth-order valence-electron chi connectivity index (χ4n) is 3.71. The van der Waals surface area contributed by atoms with Crippen molar-refractivity contribution in [3.8, 4) is 12.1 Å². The van der Waals surface area contributed by atoms with E-state index in [2.05, 4.69) is 30.2 Å². The van der Waals surface area contributed by atoms with Crippen LogP contribution in [-0.2, 0) is 6.42 Å². The Labute approximate surface area is 190 Å². The van der Waals surface area contributed by atoms with Crippen molar-refractivity contribution < 1.29 is 4.79 Å². The minimum absolute atomic E-state index is 0.147. The molecule has 0 saturated carbocycles. The monoisotopic (exact) mass is 439 g/mol. The number of pyridine rings is 2. The Balaban J connectivity index is 1.44. The number of hydrogen-bond acceptors (Lipinski definition) is 9. The van der Waals surface area contributed by atoms with Gasteiger partial charge in [0.05, 0.1) is 29.2 Å². The lowest BCUT2D eigenvalue weighted by atomic mass is 10.0. The fraction of sp³-hybridized carbons (Fsp3) is 0.261. The van der Waals surface area contributed by atoms with E-state index in [0.29, 0.717) is 28.9 Å². The zero-order chi connectivity index (χ0) is 23.2. The first-order valence-corrected chi connectivity index (χ1v) is 10.4. The van der Waals surface area contributed by atoms with Crippen LogP contribution in [0.4, 0.5) is 11.5 Å². The van der Waals surface area contributed by atoms with Gasteiger partial charge in [0.2, 0.25) is 0 Å². The number of nitriles is 2. The molecule has 10 heteroatoms. The summed E-state index contributed by atoms with van der Waals surface area (Å²) >= 11 is 0. The lowest BCUT2D eigenvalue weighted by Gasteiger charge is -2.33. The fourth-order valence-corrected chi connectivity index (χ4v) is 3.71. The van der Waals surface area contributed by atoms with E-state index in [1.807, 2.05) is 18.2 Å². The first kappa shape index (κ1) is 21.7. The minimum atomic E-state index is -0.543. The molecule has 164 valence electrons. The minimum Gasteiger partial charge on any atom is -0.381 e. The zero-order valence-electron chi connectivity index (χ0n) is 17.8. The second-order valence-corrected chi connectivity index (χ2v) is 7.69. The third-order valence-corrected chi connectivity index (χ3v) is 5.47. The summed E-state index contributed by atoms with van der Waals surface area (Å²) < 4.78 is 0. The van der Waals surface area contributed by atoms with Crippen LogP contribution in [-0.4, -0.2) is 45.0 Å². The van der Waals surface area contributed by atoms with E-state index in [9.17, 15) is 4.79 Å². The number of amides is 1. The average molecular weight is 439 g/mol. The molecule has 33 heavy (non-hydrogen) atoms. The summed E-state index contributed by atoms with van der Waals surface area (Å²) in [6, 6.07) is 9.50. The lowest BCUT2D eigenvalue weighted by Crippen LogP contribution is -2.40. The standard InChI is InChI=1S/C23H21N9O/c24-9-15-1-2-17(27-11-15)7-18-8-21(20(13-28-18)23(26)33)31-16-3-5-32(6-4-16)22-14-29-19(10-25)12-30-22/h1-2,8,11-14,16H,3-7H2,(H2,26,33)(H,28,31). The SMILES string of the molecule is N#Cc1ccc(Cc2cc(NC3CCN(c4cnc(C#N)cn4)CC3)c(C(N)=O)cn2)nc1. The van der Waals surface area contributed by atoms with Gasteiger partial charge in [-0.1, -0.05) is 0 Å². The maximum absolute atomic E-state index is 11.9. The number of nitrogens with two attached hydrogens (primary N) is 1. The van der Waals surface area contributed by atoms with Gasteiger partial charge in [0.15, 0.2) is 5.69 Å². The number of carbonyl (C=O) groups is 1. The Bertz CT molecular complexity index is 1220. The Morgan fingerprint density at radius 2 is 1.82 bits per heavy atom. The Morgan fingerprint density at radius 3 is 2.42 bits per heavy atom. The van der Waals surface area contributed by atoms with Crippen LogP contribution in [0.2, 0.25) is 0 Å². The van der Waals surface area contributed by atoms with E-state index in [-0.39, 0.29) is 6.04 Å². The van der Waals surface area contributed by atoms with Crippen LogP contribution in [0.25, 0.3) is 0 Å². The summed E-state index contributed by atoms with van der Waals surface area (Å²) in [4.78, 5) is 31.1. The molecule has 0 unspecified atom stereocenters. The lowest BCUT2D eigenvalue weighted by molar-refractivity contribution is 0.100. The molecule has 1 amide bonds. The third kappa shape index (κ3) is 5.20. The van der Waals surface area contributed by atoms with E-state index >= 15 is 0 Å². The van der Waals surface area contributed by atoms with Crippen molar-refractivity contribution in [2.45, 2.75) is 25.3 Å². The summed E-state index contributed by atoms with van der Waals surface area (Å²) in [5.41, 5.74) is 8.86. The molecule has 4 heterocycles. The average Bonchev–Trinajstić information content (AvgIpc) is 2.85. The van der Waals surface area contributed by atoms with Crippen LogP contribution < -0.4 is 16.0 Å². The van der Waals surface area contributed by atoms with Crippen molar-refractivity contribution in [3.05, 3.63) is 71.2 Å². The third-order valence-electron chi connectivity index (χ3n) is 5.47. The molecule has 3 N–H and O–H groups in total. The maximum atomic E-state index is 11.9. The summed E-state index contributed by atoms with van der Waals surface area (Å²) in [7, 11) is 0. The van der Waals surface area contributed by atoms with E-state index in [1.165, 1.54) is 18.6 Å². The van der Waals surface area contributed by atoms with Gasteiger partial charge in [-0.3, -0.25) is 14.8 Å². The van der Waals surface area contributed by atoms with Crippen molar-refractivity contribution in [3.63, 3.8) is 0 Å². The van der Waals surface area contributed by atoms with Crippen LogP contribution in [0.3, 0.4) is 0 Å². The van der Waals surface area contributed by atoms with Gasteiger partial charge < -0.3 is 16.0 Å². The Hall–Kier alpha value is -4.57.